The number of hydrogen-bond acceptors (Lipinski definition) is 4. The molecule has 0 spiro atoms. The van der Waals surface area contributed by atoms with Gasteiger partial charge in [0.15, 0.2) is 14.9 Å². The van der Waals surface area contributed by atoms with Gasteiger partial charge in [0.25, 0.3) is 0 Å². The average molecular weight is 202 g/mol. The number of aromatic carboxylic acids is 1. The number of sulfone groups is 1. The highest BCUT2D eigenvalue weighted by Gasteiger charge is 2.33. The van der Waals surface area contributed by atoms with Gasteiger partial charge < -0.3 is 5.11 Å². The Morgan fingerprint density at radius 1 is 1.62 bits per heavy atom. The van der Waals surface area contributed by atoms with E-state index in [2.05, 4.69) is 5.10 Å². The van der Waals surface area contributed by atoms with Crippen LogP contribution in [0.5, 0.6) is 0 Å². The SMILES string of the molecule is O=C(O)c1cnn2c1S(=O)(=O)CC2. The fraction of sp³-hybridized carbons (Fsp3) is 0.333. The summed E-state index contributed by atoms with van der Waals surface area (Å²) in [6.45, 7) is 0.241. The van der Waals surface area contributed by atoms with E-state index in [0.29, 0.717) is 0 Å². The summed E-state index contributed by atoms with van der Waals surface area (Å²) in [5.41, 5.74) is -0.238. The lowest BCUT2D eigenvalue weighted by atomic mass is 10.4. The highest BCUT2D eigenvalue weighted by Crippen LogP contribution is 2.22. The quantitative estimate of drug-likeness (QED) is 0.654. The van der Waals surface area contributed by atoms with E-state index in [9.17, 15) is 13.2 Å². The first-order chi connectivity index (χ1) is 6.02. The minimum absolute atomic E-state index is 0.0591. The molecular formula is C6H6N2O4S. The Morgan fingerprint density at radius 2 is 2.31 bits per heavy atom. The Bertz CT molecular complexity index is 473. The van der Waals surface area contributed by atoms with Gasteiger partial charge in [-0.2, -0.15) is 5.10 Å². The van der Waals surface area contributed by atoms with Crippen molar-refractivity contribution in [3.05, 3.63) is 11.8 Å². The van der Waals surface area contributed by atoms with Crippen molar-refractivity contribution in [1.82, 2.24) is 9.78 Å². The van der Waals surface area contributed by atoms with E-state index in [0.717, 1.165) is 6.20 Å². The third-order valence-electron chi connectivity index (χ3n) is 1.89. The van der Waals surface area contributed by atoms with E-state index in [4.69, 9.17) is 5.11 Å². The van der Waals surface area contributed by atoms with Gasteiger partial charge in [0, 0.05) is 0 Å². The van der Waals surface area contributed by atoms with Crippen molar-refractivity contribution in [3.8, 4) is 0 Å². The summed E-state index contributed by atoms with van der Waals surface area (Å²) in [5.74, 6) is -1.32. The van der Waals surface area contributed by atoms with Crippen LogP contribution < -0.4 is 0 Å². The second kappa shape index (κ2) is 2.32. The number of carboxylic acid groups (broad SMARTS) is 1. The van der Waals surface area contributed by atoms with Gasteiger partial charge in [-0.25, -0.2) is 13.2 Å². The summed E-state index contributed by atoms with van der Waals surface area (Å²) >= 11 is 0. The highest BCUT2D eigenvalue weighted by atomic mass is 32.2. The molecule has 2 heterocycles. The average Bonchev–Trinajstić information content (AvgIpc) is 2.53. The summed E-state index contributed by atoms with van der Waals surface area (Å²) < 4.78 is 23.8. The molecule has 0 fully saturated rings. The molecule has 0 bridgehead atoms. The van der Waals surface area contributed by atoms with Crippen LogP contribution in [-0.2, 0) is 16.4 Å². The van der Waals surface area contributed by atoms with Crippen LogP contribution in [0.2, 0.25) is 0 Å². The molecule has 1 aliphatic heterocycles. The molecule has 0 radical (unpaired) electrons. The maximum absolute atomic E-state index is 11.3. The first-order valence-corrected chi connectivity index (χ1v) is 5.19. The fourth-order valence-electron chi connectivity index (χ4n) is 1.31. The largest absolute Gasteiger partial charge is 0.478 e. The Kier molecular flexibility index (Phi) is 1.47. The van der Waals surface area contributed by atoms with Crippen molar-refractivity contribution in [3.63, 3.8) is 0 Å². The molecule has 1 aromatic rings. The van der Waals surface area contributed by atoms with E-state index >= 15 is 0 Å². The Labute approximate surface area is 73.7 Å². The van der Waals surface area contributed by atoms with Crippen LogP contribution in [0.3, 0.4) is 0 Å². The molecule has 1 aliphatic rings. The van der Waals surface area contributed by atoms with Crippen LogP contribution in [-0.4, -0.2) is 35.0 Å². The van der Waals surface area contributed by atoms with E-state index < -0.39 is 15.8 Å². The predicted octanol–water partition coefficient (Wildman–Crippen LogP) is -0.631. The zero-order chi connectivity index (χ0) is 9.64. The molecule has 1 aromatic heterocycles. The lowest BCUT2D eigenvalue weighted by molar-refractivity contribution is 0.0692. The summed E-state index contributed by atoms with van der Waals surface area (Å²) in [6, 6.07) is 0. The molecule has 0 atom stereocenters. The molecule has 0 unspecified atom stereocenters. The third kappa shape index (κ3) is 1.04. The lowest BCUT2D eigenvalue weighted by Crippen LogP contribution is -2.05. The van der Waals surface area contributed by atoms with Crippen molar-refractivity contribution < 1.29 is 18.3 Å². The molecule has 0 amide bonds. The number of rotatable bonds is 1. The van der Waals surface area contributed by atoms with Gasteiger partial charge in [-0.3, -0.25) is 4.68 Å². The van der Waals surface area contributed by atoms with Crippen molar-refractivity contribution in [2.24, 2.45) is 0 Å². The normalized spacial score (nSPS) is 18.5. The van der Waals surface area contributed by atoms with Crippen LogP contribution in [0.25, 0.3) is 0 Å². The van der Waals surface area contributed by atoms with Gasteiger partial charge in [0.2, 0.25) is 0 Å². The number of hydrogen-bond donors (Lipinski definition) is 1. The third-order valence-corrected chi connectivity index (χ3v) is 3.63. The van der Waals surface area contributed by atoms with E-state index in [1.165, 1.54) is 4.68 Å². The summed E-state index contributed by atoms with van der Waals surface area (Å²) in [5, 5.41) is 12.2. The van der Waals surface area contributed by atoms with Gasteiger partial charge in [-0.05, 0) is 0 Å². The Hall–Kier alpha value is -1.37. The first kappa shape index (κ1) is 8.24. The number of carbonyl (C=O) groups is 1. The number of nitrogens with zero attached hydrogens (tertiary/aromatic N) is 2. The van der Waals surface area contributed by atoms with E-state index in [1.54, 1.807) is 0 Å². The van der Waals surface area contributed by atoms with Crippen molar-refractivity contribution >= 4 is 15.8 Å². The second-order valence-electron chi connectivity index (χ2n) is 2.71. The molecule has 13 heavy (non-hydrogen) atoms. The molecule has 1 N–H and O–H groups in total. The molecule has 6 nitrogen and oxygen atoms in total. The minimum Gasteiger partial charge on any atom is -0.478 e. The molecule has 2 rings (SSSR count). The van der Waals surface area contributed by atoms with Crippen LogP contribution in [0.15, 0.2) is 11.2 Å². The number of carboxylic acids is 1. The van der Waals surface area contributed by atoms with Crippen molar-refractivity contribution in [1.29, 1.82) is 0 Å². The topological polar surface area (TPSA) is 89.3 Å². The molecular weight excluding hydrogens is 196 g/mol. The first-order valence-electron chi connectivity index (χ1n) is 3.54. The number of aromatic nitrogens is 2. The summed E-state index contributed by atoms with van der Waals surface area (Å²) in [6.07, 6.45) is 1.06. The minimum atomic E-state index is -3.42. The smallest absolute Gasteiger partial charge is 0.340 e. The van der Waals surface area contributed by atoms with E-state index in [1.807, 2.05) is 0 Å². The van der Waals surface area contributed by atoms with Crippen LogP contribution in [0, 0.1) is 0 Å². The Morgan fingerprint density at radius 3 is 2.92 bits per heavy atom. The molecule has 70 valence electrons. The highest BCUT2D eigenvalue weighted by molar-refractivity contribution is 7.91. The zero-order valence-electron chi connectivity index (χ0n) is 6.47. The predicted molar refractivity (Wildman–Crippen MR) is 41.2 cm³/mol. The number of fused-ring (bicyclic) bond motifs is 1. The number of aryl methyl sites for hydroxylation is 1. The monoisotopic (exact) mass is 202 g/mol. The summed E-state index contributed by atoms with van der Waals surface area (Å²) in [7, 11) is -3.42. The second-order valence-corrected chi connectivity index (χ2v) is 4.74. The van der Waals surface area contributed by atoms with E-state index in [-0.39, 0.29) is 22.9 Å². The molecule has 7 heteroatoms. The molecule has 0 aromatic carbocycles. The fourth-order valence-corrected chi connectivity index (χ4v) is 2.85. The van der Waals surface area contributed by atoms with Gasteiger partial charge in [0.05, 0.1) is 18.5 Å². The van der Waals surface area contributed by atoms with Gasteiger partial charge in [-0.1, -0.05) is 0 Å². The van der Waals surface area contributed by atoms with Gasteiger partial charge in [0.1, 0.15) is 5.56 Å². The van der Waals surface area contributed by atoms with Crippen LogP contribution in [0.1, 0.15) is 10.4 Å². The molecule has 0 saturated carbocycles. The maximum atomic E-state index is 11.3. The van der Waals surface area contributed by atoms with Crippen LogP contribution in [0.4, 0.5) is 0 Å². The van der Waals surface area contributed by atoms with Gasteiger partial charge in [-0.15, -0.1) is 0 Å². The zero-order valence-corrected chi connectivity index (χ0v) is 7.28. The maximum Gasteiger partial charge on any atom is 0.340 e. The lowest BCUT2D eigenvalue weighted by Gasteiger charge is -1.93. The van der Waals surface area contributed by atoms with Gasteiger partial charge >= 0.3 is 5.97 Å². The van der Waals surface area contributed by atoms with Crippen molar-refractivity contribution in [2.75, 3.05) is 5.75 Å². The Balaban J connectivity index is 2.73. The van der Waals surface area contributed by atoms with Crippen LogP contribution >= 0.6 is 0 Å². The molecule has 0 aliphatic carbocycles. The molecule has 0 saturated heterocycles. The standard InChI is InChI=1S/C6H6N2O4S/c9-6(10)4-3-7-8-1-2-13(11,12)5(4)8/h3H,1-2H2,(H,9,10). The summed E-state index contributed by atoms with van der Waals surface area (Å²) in [4.78, 5) is 10.6. The van der Waals surface area contributed by atoms with Crippen molar-refractivity contribution in [2.45, 2.75) is 11.6 Å².